The summed E-state index contributed by atoms with van der Waals surface area (Å²) in [7, 11) is 0. The van der Waals surface area contributed by atoms with E-state index in [4.69, 9.17) is 11.6 Å². The molecular weight excluding hydrogens is 326 g/mol. The van der Waals surface area contributed by atoms with Gasteiger partial charge in [0.15, 0.2) is 0 Å². The first kappa shape index (κ1) is 14.1. The van der Waals surface area contributed by atoms with E-state index in [1.165, 1.54) is 0 Å². The van der Waals surface area contributed by atoms with Gasteiger partial charge in [0.1, 0.15) is 0 Å². The molecule has 2 aromatic carbocycles. The first-order valence-corrected chi connectivity index (χ1v) is 7.38. The molecule has 1 unspecified atom stereocenters. The molecule has 19 heavy (non-hydrogen) atoms. The second-order valence-electron chi connectivity index (χ2n) is 4.10. The molecule has 1 atom stereocenters. The summed E-state index contributed by atoms with van der Waals surface area (Å²) in [6.07, 6.45) is 0. The number of amides is 1. The molecule has 2 rings (SSSR count). The van der Waals surface area contributed by atoms with Gasteiger partial charge in [-0.1, -0.05) is 63.9 Å². The van der Waals surface area contributed by atoms with Gasteiger partial charge in [0, 0.05) is 15.9 Å². The molecule has 0 spiro atoms. The van der Waals surface area contributed by atoms with Crippen molar-refractivity contribution in [3.05, 3.63) is 70.7 Å². The topological polar surface area (TPSA) is 29.1 Å². The van der Waals surface area contributed by atoms with Crippen molar-refractivity contribution in [1.82, 2.24) is 5.32 Å². The highest BCUT2D eigenvalue weighted by molar-refractivity contribution is 9.09. The molecule has 0 saturated heterocycles. The summed E-state index contributed by atoms with van der Waals surface area (Å²) < 4.78 is 0. The maximum Gasteiger partial charge on any atom is 0.251 e. The lowest BCUT2D eigenvalue weighted by molar-refractivity contribution is 0.0941. The Labute approximate surface area is 125 Å². The highest BCUT2D eigenvalue weighted by Gasteiger charge is 2.14. The predicted octanol–water partition coefficient (Wildman–Crippen LogP) is 4.21. The zero-order chi connectivity index (χ0) is 13.7. The first-order valence-electron chi connectivity index (χ1n) is 5.88. The third-order valence-corrected chi connectivity index (χ3v) is 3.63. The van der Waals surface area contributed by atoms with Gasteiger partial charge >= 0.3 is 0 Å². The summed E-state index contributed by atoms with van der Waals surface area (Å²) >= 11 is 9.31. The Hall–Kier alpha value is -1.32. The van der Waals surface area contributed by atoms with Crippen LogP contribution in [0.3, 0.4) is 0 Å². The van der Waals surface area contributed by atoms with Crippen LogP contribution in [0.25, 0.3) is 0 Å². The molecule has 0 saturated carbocycles. The van der Waals surface area contributed by atoms with Gasteiger partial charge in [-0.05, 0) is 23.8 Å². The molecule has 0 heterocycles. The third-order valence-electron chi connectivity index (χ3n) is 2.75. The zero-order valence-corrected chi connectivity index (χ0v) is 12.5. The molecule has 0 aliphatic carbocycles. The van der Waals surface area contributed by atoms with Crippen molar-refractivity contribution < 1.29 is 4.79 Å². The largest absolute Gasteiger partial charge is 0.344 e. The average molecular weight is 339 g/mol. The predicted molar refractivity (Wildman–Crippen MR) is 81.9 cm³/mol. The second-order valence-corrected chi connectivity index (χ2v) is 5.19. The smallest absolute Gasteiger partial charge is 0.251 e. The number of nitrogens with one attached hydrogen (secondary N) is 1. The molecule has 1 N–H and O–H groups in total. The van der Waals surface area contributed by atoms with Crippen LogP contribution in [0.15, 0.2) is 54.6 Å². The maximum absolute atomic E-state index is 12.1. The summed E-state index contributed by atoms with van der Waals surface area (Å²) in [6.45, 7) is 0. The zero-order valence-electron chi connectivity index (χ0n) is 10.1. The van der Waals surface area contributed by atoms with Crippen LogP contribution in [-0.2, 0) is 0 Å². The molecule has 98 valence electrons. The molecule has 0 radical (unpaired) electrons. The molecule has 0 bridgehead atoms. The fraction of sp³-hybridized carbons (Fsp3) is 0.133. The van der Waals surface area contributed by atoms with Crippen molar-refractivity contribution in [3.8, 4) is 0 Å². The quantitative estimate of drug-likeness (QED) is 0.832. The number of benzene rings is 2. The Morgan fingerprint density at radius 2 is 1.89 bits per heavy atom. The van der Waals surface area contributed by atoms with E-state index in [9.17, 15) is 4.79 Å². The molecule has 0 aliphatic rings. The number of alkyl halides is 1. The van der Waals surface area contributed by atoms with Crippen molar-refractivity contribution in [2.75, 3.05) is 5.33 Å². The fourth-order valence-corrected chi connectivity index (χ4v) is 2.49. The summed E-state index contributed by atoms with van der Waals surface area (Å²) in [5.41, 5.74) is 1.63. The van der Waals surface area contributed by atoms with Crippen LogP contribution in [0.4, 0.5) is 0 Å². The molecule has 1 amide bonds. The van der Waals surface area contributed by atoms with Crippen molar-refractivity contribution in [3.63, 3.8) is 0 Å². The second kappa shape index (κ2) is 6.73. The molecule has 2 aromatic rings. The standard InChI is InChI=1S/C15H13BrClNO/c16-10-14(11-5-2-1-3-6-11)18-15(19)12-7-4-8-13(17)9-12/h1-9,14H,10H2,(H,18,19). The minimum absolute atomic E-state index is 0.0623. The lowest BCUT2D eigenvalue weighted by atomic mass is 10.1. The van der Waals surface area contributed by atoms with Gasteiger partial charge in [-0.2, -0.15) is 0 Å². The van der Waals surface area contributed by atoms with Crippen molar-refractivity contribution in [2.24, 2.45) is 0 Å². The van der Waals surface area contributed by atoms with Gasteiger partial charge in [0.25, 0.3) is 5.91 Å². The van der Waals surface area contributed by atoms with E-state index in [0.29, 0.717) is 15.9 Å². The van der Waals surface area contributed by atoms with Gasteiger partial charge in [0.05, 0.1) is 6.04 Å². The van der Waals surface area contributed by atoms with Crippen molar-refractivity contribution in [1.29, 1.82) is 0 Å². The lowest BCUT2D eigenvalue weighted by Gasteiger charge is -2.16. The summed E-state index contributed by atoms with van der Waals surface area (Å²) in [5, 5.41) is 4.20. The Morgan fingerprint density at radius 3 is 2.53 bits per heavy atom. The van der Waals surface area contributed by atoms with E-state index in [2.05, 4.69) is 21.2 Å². The van der Waals surface area contributed by atoms with E-state index < -0.39 is 0 Å². The number of hydrogen-bond donors (Lipinski definition) is 1. The van der Waals surface area contributed by atoms with E-state index in [-0.39, 0.29) is 11.9 Å². The van der Waals surface area contributed by atoms with Crippen molar-refractivity contribution in [2.45, 2.75) is 6.04 Å². The van der Waals surface area contributed by atoms with E-state index >= 15 is 0 Å². The molecule has 4 heteroatoms. The van der Waals surface area contributed by atoms with Gasteiger partial charge in [0.2, 0.25) is 0 Å². The van der Waals surface area contributed by atoms with E-state index in [1.807, 2.05) is 30.3 Å². The number of halogens is 2. The SMILES string of the molecule is O=C(NC(CBr)c1ccccc1)c1cccc(Cl)c1. The summed E-state index contributed by atoms with van der Waals surface area (Å²) in [6, 6.07) is 16.7. The molecule has 0 aromatic heterocycles. The summed E-state index contributed by atoms with van der Waals surface area (Å²) in [4.78, 5) is 12.1. The van der Waals surface area contributed by atoms with Gasteiger partial charge in [-0.3, -0.25) is 4.79 Å². The molecular formula is C15H13BrClNO. The Kier molecular flexibility index (Phi) is 5.00. The first-order chi connectivity index (χ1) is 9.20. The van der Waals surface area contributed by atoms with E-state index in [1.54, 1.807) is 24.3 Å². The average Bonchev–Trinajstić information content (AvgIpc) is 2.45. The van der Waals surface area contributed by atoms with Crippen LogP contribution in [-0.4, -0.2) is 11.2 Å². The Bertz CT molecular complexity index is 559. The van der Waals surface area contributed by atoms with Crippen LogP contribution in [0.1, 0.15) is 22.0 Å². The van der Waals surface area contributed by atoms with E-state index in [0.717, 1.165) is 5.56 Å². The highest BCUT2D eigenvalue weighted by atomic mass is 79.9. The Balaban J connectivity index is 2.13. The highest BCUT2D eigenvalue weighted by Crippen LogP contribution is 2.17. The van der Waals surface area contributed by atoms with Crippen LogP contribution in [0.5, 0.6) is 0 Å². The normalized spacial score (nSPS) is 11.9. The monoisotopic (exact) mass is 337 g/mol. The van der Waals surface area contributed by atoms with Gasteiger partial charge in [-0.25, -0.2) is 0 Å². The maximum atomic E-state index is 12.1. The van der Waals surface area contributed by atoms with Crippen molar-refractivity contribution >= 4 is 33.4 Å². The molecule has 0 aliphatic heterocycles. The Morgan fingerprint density at radius 1 is 1.16 bits per heavy atom. The minimum Gasteiger partial charge on any atom is -0.344 e. The molecule has 0 fully saturated rings. The summed E-state index contributed by atoms with van der Waals surface area (Å²) in [5.74, 6) is -0.129. The van der Waals surface area contributed by atoms with Crippen LogP contribution < -0.4 is 5.32 Å². The number of carbonyl (C=O) groups excluding carboxylic acids is 1. The van der Waals surface area contributed by atoms with Gasteiger partial charge in [-0.15, -0.1) is 0 Å². The molecule has 2 nitrogen and oxygen atoms in total. The van der Waals surface area contributed by atoms with Gasteiger partial charge < -0.3 is 5.32 Å². The number of carbonyl (C=O) groups is 1. The van der Waals surface area contributed by atoms with Crippen LogP contribution >= 0.6 is 27.5 Å². The lowest BCUT2D eigenvalue weighted by Crippen LogP contribution is -2.29. The number of hydrogen-bond acceptors (Lipinski definition) is 1. The number of rotatable bonds is 4. The third kappa shape index (κ3) is 3.82. The van der Waals surface area contributed by atoms with Crippen LogP contribution in [0, 0.1) is 0 Å². The minimum atomic E-state index is -0.129. The fourth-order valence-electron chi connectivity index (χ4n) is 1.77. The van der Waals surface area contributed by atoms with Crippen LogP contribution in [0.2, 0.25) is 5.02 Å².